The molecule has 1 saturated carbocycles. The van der Waals surface area contributed by atoms with Crippen LogP contribution in [0.5, 0.6) is 0 Å². The molecule has 0 aromatic heterocycles. The Labute approximate surface area is 105 Å². The van der Waals surface area contributed by atoms with Gasteiger partial charge in [0, 0.05) is 0 Å². The van der Waals surface area contributed by atoms with E-state index in [4.69, 9.17) is 10.4 Å². The first kappa shape index (κ1) is 12.6. The molecule has 1 aliphatic rings. The normalized spacial score (nSPS) is 26.3. The second-order valence-corrected chi connectivity index (χ2v) is 6.57. The summed E-state index contributed by atoms with van der Waals surface area (Å²) in [6.45, 7) is 1.82. The average Bonchev–Trinajstić information content (AvgIpc) is 3.06. The predicted molar refractivity (Wildman–Crippen MR) is 62.5 cm³/mol. The molecule has 1 N–H and O–H groups in total. The van der Waals surface area contributed by atoms with Crippen LogP contribution in [-0.4, -0.2) is 24.7 Å². The summed E-state index contributed by atoms with van der Waals surface area (Å²) in [5.74, 6) is -1.37. The molecule has 1 aliphatic carbocycles. The standard InChI is InChI=1S/C12H11NO4S/c1-8-2-4-9(5-3-8)18(16,17)10-6-12(10,7-13)11(14)15/h2-5,10H,6H2,1H3,(H,14,15). The first-order chi connectivity index (χ1) is 8.34. The SMILES string of the molecule is Cc1ccc(S(=O)(=O)C2CC2(C#N)C(=O)O)cc1. The predicted octanol–water partition coefficient (Wildman–Crippen LogP) is 1.14. The molecule has 0 spiro atoms. The molecule has 0 heterocycles. The van der Waals surface area contributed by atoms with E-state index in [1.807, 2.05) is 6.92 Å². The van der Waals surface area contributed by atoms with Crippen molar-refractivity contribution in [2.75, 3.05) is 0 Å². The average molecular weight is 265 g/mol. The number of aryl methyl sites for hydroxylation is 1. The van der Waals surface area contributed by atoms with E-state index in [1.165, 1.54) is 12.1 Å². The Bertz CT molecular complexity index is 642. The largest absolute Gasteiger partial charge is 0.480 e. The molecule has 18 heavy (non-hydrogen) atoms. The summed E-state index contributed by atoms with van der Waals surface area (Å²) in [5.41, 5.74) is -0.862. The summed E-state index contributed by atoms with van der Waals surface area (Å²) in [6, 6.07) is 7.77. The van der Waals surface area contributed by atoms with Gasteiger partial charge in [0.25, 0.3) is 0 Å². The number of carboxylic acids is 1. The van der Waals surface area contributed by atoms with Crippen LogP contribution < -0.4 is 0 Å². The van der Waals surface area contributed by atoms with E-state index in [1.54, 1.807) is 18.2 Å². The van der Waals surface area contributed by atoms with Crippen LogP contribution in [0.2, 0.25) is 0 Å². The van der Waals surface area contributed by atoms with E-state index < -0.39 is 26.5 Å². The summed E-state index contributed by atoms with van der Waals surface area (Å²) in [4.78, 5) is 11.0. The van der Waals surface area contributed by atoms with E-state index in [2.05, 4.69) is 0 Å². The van der Waals surface area contributed by atoms with Gasteiger partial charge in [-0.05, 0) is 25.5 Å². The molecule has 0 bridgehead atoms. The number of hydrogen-bond donors (Lipinski definition) is 1. The van der Waals surface area contributed by atoms with Crippen LogP contribution in [0.4, 0.5) is 0 Å². The van der Waals surface area contributed by atoms with E-state index in [-0.39, 0.29) is 11.3 Å². The third kappa shape index (κ3) is 1.68. The van der Waals surface area contributed by atoms with Crippen molar-refractivity contribution in [2.24, 2.45) is 5.41 Å². The molecule has 6 heteroatoms. The van der Waals surface area contributed by atoms with Crippen molar-refractivity contribution < 1.29 is 18.3 Å². The molecule has 2 rings (SSSR count). The van der Waals surface area contributed by atoms with Gasteiger partial charge in [-0.3, -0.25) is 4.79 Å². The van der Waals surface area contributed by atoms with E-state index in [9.17, 15) is 13.2 Å². The number of rotatable bonds is 3. The zero-order valence-corrected chi connectivity index (χ0v) is 10.4. The zero-order chi connectivity index (χ0) is 13.6. The second-order valence-electron chi connectivity index (χ2n) is 4.44. The maximum Gasteiger partial charge on any atom is 0.325 e. The third-order valence-electron chi connectivity index (χ3n) is 3.20. The van der Waals surface area contributed by atoms with Crippen LogP contribution in [0.1, 0.15) is 12.0 Å². The molecule has 0 radical (unpaired) electrons. The number of nitriles is 1. The minimum Gasteiger partial charge on any atom is -0.480 e. The molecule has 5 nitrogen and oxygen atoms in total. The lowest BCUT2D eigenvalue weighted by Crippen LogP contribution is -2.22. The van der Waals surface area contributed by atoms with Crippen molar-refractivity contribution in [3.05, 3.63) is 29.8 Å². The molecular formula is C12H11NO4S. The van der Waals surface area contributed by atoms with Crippen molar-refractivity contribution >= 4 is 15.8 Å². The summed E-state index contributed by atoms with van der Waals surface area (Å²) in [6.07, 6.45) is -0.144. The minimum atomic E-state index is -3.75. The number of sulfone groups is 1. The molecule has 0 saturated heterocycles. The number of carbonyl (C=O) groups is 1. The minimum absolute atomic E-state index is 0.0662. The Morgan fingerprint density at radius 3 is 2.39 bits per heavy atom. The van der Waals surface area contributed by atoms with Gasteiger partial charge in [0.05, 0.1) is 16.2 Å². The van der Waals surface area contributed by atoms with Gasteiger partial charge in [-0.15, -0.1) is 0 Å². The van der Waals surface area contributed by atoms with Gasteiger partial charge in [0.2, 0.25) is 0 Å². The Morgan fingerprint density at radius 1 is 1.44 bits per heavy atom. The molecule has 1 fully saturated rings. The monoisotopic (exact) mass is 265 g/mol. The van der Waals surface area contributed by atoms with Crippen molar-refractivity contribution in [1.82, 2.24) is 0 Å². The lowest BCUT2D eigenvalue weighted by atomic mass is 10.1. The number of nitrogens with zero attached hydrogens (tertiary/aromatic N) is 1. The van der Waals surface area contributed by atoms with E-state index >= 15 is 0 Å². The second kappa shape index (κ2) is 3.82. The highest BCUT2D eigenvalue weighted by Gasteiger charge is 2.68. The van der Waals surface area contributed by atoms with Gasteiger partial charge in [0.1, 0.15) is 0 Å². The molecule has 0 amide bonds. The van der Waals surface area contributed by atoms with Gasteiger partial charge >= 0.3 is 5.97 Å². The van der Waals surface area contributed by atoms with Crippen LogP contribution in [-0.2, 0) is 14.6 Å². The molecule has 1 aromatic carbocycles. The molecule has 2 atom stereocenters. The molecular weight excluding hydrogens is 254 g/mol. The van der Waals surface area contributed by atoms with Gasteiger partial charge < -0.3 is 5.11 Å². The zero-order valence-electron chi connectivity index (χ0n) is 9.62. The first-order valence-electron chi connectivity index (χ1n) is 5.30. The topological polar surface area (TPSA) is 95.2 Å². The first-order valence-corrected chi connectivity index (χ1v) is 6.84. The molecule has 0 aliphatic heterocycles. The molecule has 2 unspecified atom stereocenters. The molecule has 1 aromatic rings. The number of carboxylic acid groups (broad SMARTS) is 1. The van der Waals surface area contributed by atoms with Gasteiger partial charge in [-0.2, -0.15) is 5.26 Å². The Balaban J connectivity index is 2.39. The number of aliphatic carboxylic acids is 1. The highest BCUT2D eigenvalue weighted by molar-refractivity contribution is 7.92. The quantitative estimate of drug-likeness (QED) is 0.884. The third-order valence-corrected chi connectivity index (χ3v) is 5.45. The maximum atomic E-state index is 12.2. The van der Waals surface area contributed by atoms with Crippen LogP contribution >= 0.6 is 0 Å². The number of benzene rings is 1. The van der Waals surface area contributed by atoms with Gasteiger partial charge in [0.15, 0.2) is 15.3 Å². The summed E-state index contributed by atoms with van der Waals surface area (Å²) in [5, 5.41) is 16.7. The Kier molecular flexibility index (Phi) is 2.67. The van der Waals surface area contributed by atoms with Crippen LogP contribution in [0, 0.1) is 23.7 Å². The Hall–Kier alpha value is -1.87. The smallest absolute Gasteiger partial charge is 0.325 e. The maximum absolute atomic E-state index is 12.2. The number of hydrogen-bond acceptors (Lipinski definition) is 4. The summed E-state index contributed by atoms with van der Waals surface area (Å²) < 4.78 is 24.3. The van der Waals surface area contributed by atoms with Crippen molar-refractivity contribution in [1.29, 1.82) is 5.26 Å². The fourth-order valence-electron chi connectivity index (χ4n) is 1.89. The van der Waals surface area contributed by atoms with Crippen molar-refractivity contribution in [3.8, 4) is 6.07 Å². The van der Waals surface area contributed by atoms with Crippen molar-refractivity contribution in [3.63, 3.8) is 0 Å². The highest BCUT2D eigenvalue weighted by Crippen LogP contribution is 2.52. The van der Waals surface area contributed by atoms with E-state index in [0.29, 0.717) is 0 Å². The fraction of sp³-hybridized carbons (Fsp3) is 0.333. The summed E-state index contributed by atoms with van der Waals surface area (Å²) >= 11 is 0. The van der Waals surface area contributed by atoms with Gasteiger partial charge in [-0.25, -0.2) is 8.42 Å². The lowest BCUT2D eigenvalue weighted by molar-refractivity contribution is -0.141. The Morgan fingerprint density at radius 2 is 2.00 bits per heavy atom. The van der Waals surface area contributed by atoms with Gasteiger partial charge in [-0.1, -0.05) is 17.7 Å². The summed E-state index contributed by atoms with van der Waals surface area (Å²) in [7, 11) is -3.75. The van der Waals surface area contributed by atoms with Crippen LogP contribution in [0.15, 0.2) is 29.2 Å². The van der Waals surface area contributed by atoms with Crippen LogP contribution in [0.25, 0.3) is 0 Å². The lowest BCUT2D eigenvalue weighted by Gasteiger charge is -2.05. The fourth-order valence-corrected chi connectivity index (χ4v) is 3.90. The van der Waals surface area contributed by atoms with E-state index in [0.717, 1.165) is 5.56 Å². The molecule has 94 valence electrons. The highest BCUT2D eigenvalue weighted by atomic mass is 32.2. The van der Waals surface area contributed by atoms with Crippen molar-refractivity contribution in [2.45, 2.75) is 23.5 Å². The van der Waals surface area contributed by atoms with Crippen LogP contribution in [0.3, 0.4) is 0 Å².